The lowest BCUT2D eigenvalue weighted by atomic mass is 10.3. The Morgan fingerprint density at radius 3 is 2.35 bits per heavy atom. The lowest BCUT2D eigenvalue weighted by Crippen LogP contribution is -3.05. The van der Waals surface area contributed by atoms with Gasteiger partial charge in [0.2, 0.25) is 0 Å². The number of methoxy groups -OCH3 is 1. The van der Waals surface area contributed by atoms with Gasteiger partial charge in [-0.05, 0) is 24.3 Å². The Bertz CT molecular complexity index is 443. The van der Waals surface area contributed by atoms with Crippen molar-refractivity contribution in [3.8, 4) is 5.75 Å². The highest BCUT2D eigenvalue weighted by atomic mass is 16.5. The fourth-order valence-electron chi connectivity index (χ4n) is 1.59. The number of nitrogens with one attached hydrogen (secondary N) is 3. The molecule has 3 N–H and O–H groups in total. The fraction of sp³-hybridized carbons (Fsp3) is 0.429. The summed E-state index contributed by atoms with van der Waals surface area (Å²) in [7, 11) is 5.65. The molecule has 0 heterocycles. The van der Waals surface area contributed by atoms with Crippen LogP contribution in [0.5, 0.6) is 5.75 Å². The van der Waals surface area contributed by atoms with Crippen LogP contribution in [0, 0.1) is 0 Å². The van der Waals surface area contributed by atoms with Crippen molar-refractivity contribution in [2.75, 3.05) is 39.6 Å². The molecule has 0 radical (unpaired) electrons. The molecule has 6 heteroatoms. The summed E-state index contributed by atoms with van der Waals surface area (Å²) in [6.45, 7) is 1.44. The second kappa shape index (κ2) is 8.16. The van der Waals surface area contributed by atoms with Gasteiger partial charge in [0, 0.05) is 18.7 Å². The van der Waals surface area contributed by atoms with Gasteiger partial charge in [0.1, 0.15) is 5.75 Å². The molecule has 0 aliphatic heterocycles. The van der Waals surface area contributed by atoms with E-state index in [1.807, 2.05) is 14.1 Å². The molecule has 20 heavy (non-hydrogen) atoms. The molecule has 0 bridgehead atoms. The zero-order valence-electron chi connectivity index (χ0n) is 12.2. The molecule has 2 amide bonds. The van der Waals surface area contributed by atoms with E-state index in [1.54, 1.807) is 31.4 Å². The molecule has 110 valence electrons. The van der Waals surface area contributed by atoms with Gasteiger partial charge in [-0.1, -0.05) is 0 Å². The third-order valence-electron chi connectivity index (χ3n) is 2.69. The van der Waals surface area contributed by atoms with Gasteiger partial charge in [-0.15, -0.1) is 0 Å². The number of anilines is 1. The second-order valence-electron chi connectivity index (χ2n) is 4.75. The largest absolute Gasteiger partial charge is 0.497 e. The minimum Gasteiger partial charge on any atom is -0.497 e. The van der Waals surface area contributed by atoms with Crippen LogP contribution in [-0.4, -0.2) is 46.1 Å². The van der Waals surface area contributed by atoms with E-state index in [2.05, 4.69) is 10.6 Å². The Balaban J connectivity index is 2.35. The van der Waals surface area contributed by atoms with E-state index in [1.165, 1.54) is 4.90 Å². The van der Waals surface area contributed by atoms with Crippen molar-refractivity contribution in [2.24, 2.45) is 0 Å². The maximum Gasteiger partial charge on any atom is 0.313 e. The lowest BCUT2D eigenvalue weighted by Gasteiger charge is -2.08. The van der Waals surface area contributed by atoms with Gasteiger partial charge in [-0.3, -0.25) is 9.59 Å². The summed E-state index contributed by atoms with van der Waals surface area (Å²) in [4.78, 5) is 24.5. The van der Waals surface area contributed by atoms with Crippen molar-refractivity contribution >= 4 is 17.5 Å². The van der Waals surface area contributed by atoms with Crippen LogP contribution in [0.4, 0.5) is 5.69 Å². The van der Waals surface area contributed by atoms with Crippen molar-refractivity contribution in [3.63, 3.8) is 0 Å². The molecular formula is C14H22N3O3+. The Kier molecular flexibility index (Phi) is 6.52. The number of hydrogen-bond acceptors (Lipinski definition) is 3. The summed E-state index contributed by atoms with van der Waals surface area (Å²) in [6, 6.07) is 6.79. The SMILES string of the molecule is COc1ccc(NC(=O)C(=O)NCCC[NH+](C)C)cc1. The number of benzene rings is 1. The molecule has 1 aromatic rings. The summed E-state index contributed by atoms with van der Waals surface area (Å²) in [5.74, 6) is -0.583. The van der Waals surface area contributed by atoms with Crippen molar-refractivity contribution in [2.45, 2.75) is 6.42 Å². The second-order valence-corrected chi connectivity index (χ2v) is 4.75. The standard InChI is InChI=1S/C14H21N3O3/c1-17(2)10-4-9-15-13(18)14(19)16-11-5-7-12(20-3)8-6-11/h5-8H,4,9-10H2,1-3H3,(H,15,18)(H,16,19)/p+1. The topological polar surface area (TPSA) is 71.9 Å². The van der Waals surface area contributed by atoms with Crippen LogP contribution >= 0.6 is 0 Å². The zero-order chi connectivity index (χ0) is 15.0. The first kappa shape index (κ1) is 16.0. The van der Waals surface area contributed by atoms with Gasteiger partial charge in [0.25, 0.3) is 0 Å². The molecule has 0 aromatic heterocycles. The quantitative estimate of drug-likeness (QED) is 0.476. The monoisotopic (exact) mass is 280 g/mol. The minimum absolute atomic E-state index is 0.500. The third kappa shape index (κ3) is 5.71. The lowest BCUT2D eigenvalue weighted by molar-refractivity contribution is -0.858. The Labute approximate surface area is 119 Å². The molecule has 1 aromatic carbocycles. The molecule has 1 rings (SSSR count). The van der Waals surface area contributed by atoms with Crippen molar-refractivity contribution < 1.29 is 19.2 Å². The number of hydrogen-bond donors (Lipinski definition) is 3. The van der Waals surface area contributed by atoms with E-state index in [0.29, 0.717) is 18.0 Å². The summed E-state index contributed by atoms with van der Waals surface area (Å²) >= 11 is 0. The smallest absolute Gasteiger partial charge is 0.313 e. The average Bonchev–Trinajstić information content (AvgIpc) is 2.44. The van der Waals surface area contributed by atoms with Crippen molar-refractivity contribution in [1.82, 2.24) is 5.32 Å². The molecule has 0 saturated carbocycles. The summed E-state index contributed by atoms with van der Waals surface area (Å²) in [5, 5.41) is 5.12. The molecule has 0 atom stereocenters. The maximum atomic E-state index is 11.6. The number of amides is 2. The number of quaternary nitrogens is 1. The molecule has 0 fully saturated rings. The van der Waals surface area contributed by atoms with Crippen molar-refractivity contribution in [1.29, 1.82) is 0 Å². The highest BCUT2D eigenvalue weighted by Crippen LogP contribution is 2.14. The first-order valence-corrected chi connectivity index (χ1v) is 6.55. The van der Waals surface area contributed by atoms with E-state index in [4.69, 9.17) is 4.74 Å². The molecule has 0 aliphatic carbocycles. The van der Waals surface area contributed by atoms with Gasteiger partial charge in [-0.25, -0.2) is 0 Å². The Morgan fingerprint density at radius 2 is 1.80 bits per heavy atom. The minimum atomic E-state index is -0.660. The Morgan fingerprint density at radius 1 is 1.15 bits per heavy atom. The van der Waals surface area contributed by atoms with Crippen LogP contribution in [0.2, 0.25) is 0 Å². The predicted octanol–water partition coefficient (Wildman–Crippen LogP) is -0.715. The van der Waals surface area contributed by atoms with Gasteiger partial charge in [-0.2, -0.15) is 0 Å². The van der Waals surface area contributed by atoms with Crippen LogP contribution < -0.4 is 20.3 Å². The van der Waals surface area contributed by atoms with Crippen LogP contribution in [0.3, 0.4) is 0 Å². The molecular weight excluding hydrogens is 258 g/mol. The van der Waals surface area contributed by atoms with Gasteiger partial charge in [0.15, 0.2) is 0 Å². The Hall–Kier alpha value is -2.08. The summed E-state index contributed by atoms with van der Waals surface area (Å²) < 4.78 is 5.01. The fourth-order valence-corrected chi connectivity index (χ4v) is 1.59. The predicted molar refractivity (Wildman–Crippen MR) is 76.9 cm³/mol. The van der Waals surface area contributed by atoms with Gasteiger partial charge < -0.3 is 20.3 Å². The highest BCUT2D eigenvalue weighted by Gasteiger charge is 2.13. The molecule has 6 nitrogen and oxygen atoms in total. The van der Waals surface area contributed by atoms with Crippen LogP contribution in [0.15, 0.2) is 24.3 Å². The third-order valence-corrected chi connectivity index (χ3v) is 2.69. The number of rotatable bonds is 6. The van der Waals surface area contributed by atoms with Crippen LogP contribution in [0.25, 0.3) is 0 Å². The molecule has 0 aliphatic rings. The van der Waals surface area contributed by atoms with E-state index >= 15 is 0 Å². The van der Waals surface area contributed by atoms with E-state index in [0.717, 1.165) is 13.0 Å². The maximum absolute atomic E-state index is 11.6. The normalized spacial score (nSPS) is 10.2. The first-order valence-electron chi connectivity index (χ1n) is 6.55. The van der Waals surface area contributed by atoms with E-state index in [-0.39, 0.29) is 0 Å². The first-order chi connectivity index (χ1) is 9.52. The van der Waals surface area contributed by atoms with Crippen LogP contribution in [0.1, 0.15) is 6.42 Å². The summed E-state index contributed by atoms with van der Waals surface area (Å²) in [5.41, 5.74) is 0.559. The number of carbonyl (C=O) groups is 2. The zero-order valence-corrected chi connectivity index (χ0v) is 12.2. The highest BCUT2D eigenvalue weighted by molar-refractivity contribution is 6.39. The molecule has 0 unspecified atom stereocenters. The van der Waals surface area contributed by atoms with Gasteiger partial charge >= 0.3 is 11.8 Å². The number of carbonyl (C=O) groups excluding carboxylic acids is 2. The van der Waals surface area contributed by atoms with Crippen molar-refractivity contribution in [3.05, 3.63) is 24.3 Å². The van der Waals surface area contributed by atoms with E-state index in [9.17, 15) is 9.59 Å². The average molecular weight is 280 g/mol. The number of ether oxygens (including phenoxy) is 1. The summed E-state index contributed by atoms with van der Waals surface area (Å²) in [6.07, 6.45) is 0.837. The van der Waals surface area contributed by atoms with Gasteiger partial charge in [0.05, 0.1) is 27.7 Å². The molecule has 0 spiro atoms. The van der Waals surface area contributed by atoms with E-state index < -0.39 is 11.8 Å². The van der Waals surface area contributed by atoms with Crippen LogP contribution in [-0.2, 0) is 9.59 Å². The molecule has 0 saturated heterocycles.